The Hall–Kier alpha value is -2.01. The molecule has 1 heterocycles. The lowest BCUT2D eigenvalue weighted by atomic mass is 10.1. The molecule has 0 radical (unpaired) electrons. The van der Waals surface area contributed by atoms with Crippen molar-refractivity contribution >= 4 is 40.8 Å². The van der Waals surface area contributed by atoms with Crippen LogP contribution in [0.1, 0.15) is 21.6 Å². The van der Waals surface area contributed by atoms with Crippen molar-refractivity contribution in [1.82, 2.24) is 9.78 Å². The maximum atomic E-state index is 11.9. The van der Waals surface area contributed by atoms with E-state index in [2.05, 4.69) is 5.10 Å². The van der Waals surface area contributed by atoms with Crippen molar-refractivity contribution in [3.05, 3.63) is 74.4 Å². The molecule has 0 saturated heterocycles. The second-order valence-electron chi connectivity index (χ2n) is 5.78. The van der Waals surface area contributed by atoms with Gasteiger partial charge in [-0.3, -0.25) is 4.68 Å². The molecule has 1 aromatic heterocycles. The van der Waals surface area contributed by atoms with Crippen LogP contribution < -0.4 is 0 Å². The third kappa shape index (κ3) is 3.88. The van der Waals surface area contributed by atoms with Crippen LogP contribution in [0, 0.1) is 6.92 Å². The van der Waals surface area contributed by atoms with Gasteiger partial charge in [0.15, 0.2) is 5.69 Å². The highest BCUT2D eigenvalue weighted by Crippen LogP contribution is 2.30. The molecule has 0 N–H and O–H groups in total. The Labute approximate surface area is 166 Å². The van der Waals surface area contributed by atoms with Crippen LogP contribution in [-0.2, 0) is 11.3 Å². The Kier molecular flexibility index (Phi) is 5.56. The minimum atomic E-state index is -0.507. The van der Waals surface area contributed by atoms with Gasteiger partial charge < -0.3 is 4.74 Å². The minimum absolute atomic E-state index is 0.215. The molecule has 3 rings (SSSR count). The Bertz CT molecular complexity index is 983. The normalized spacial score (nSPS) is 10.8. The summed E-state index contributed by atoms with van der Waals surface area (Å²) >= 11 is 18.4. The van der Waals surface area contributed by atoms with Crippen LogP contribution in [0.2, 0.25) is 15.1 Å². The first kappa shape index (κ1) is 18.8. The number of hydrogen-bond acceptors (Lipinski definition) is 3. The summed E-state index contributed by atoms with van der Waals surface area (Å²) in [4.78, 5) is 11.9. The average Bonchev–Trinajstić information content (AvgIpc) is 3.03. The number of rotatable bonds is 4. The van der Waals surface area contributed by atoms with E-state index in [0.29, 0.717) is 21.6 Å². The van der Waals surface area contributed by atoms with Crippen molar-refractivity contribution in [1.29, 1.82) is 0 Å². The smallest absolute Gasteiger partial charge is 0.358 e. The average molecular weight is 410 g/mol. The third-order valence-corrected chi connectivity index (χ3v) is 5.10. The van der Waals surface area contributed by atoms with Gasteiger partial charge in [-0.15, -0.1) is 0 Å². The van der Waals surface area contributed by atoms with Gasteiger partial charge >= 0.3 is 5.97 Å². The second-order valence-corrected chi connectivity index (χ2v) is 7.00. The molecule has 3 aromatic rings. The summed E-state index contributed by atoms with van der Waals surface area (Å²) in [7, 11) is 1.32. The maximum Gasteiger partial charge on any atom is 0.358 e. The van der Waals surface area contributed by atoms with Crippen LogP contribution in [0.4, 0.5) is 0 Å². The number of nitrogens with zero attached hydrogens (tertiary/aromatic N) is 2. The molecule has 4 nitrogen and oxygen atoms in total. The van der Waals surface area contributed by atoms with Gasteiger partial charge in [-0.1, -0.05) is 53.0 Å². The van der Waals surface area contributed by atoms with Crippen LogP contribution >= 0.6 is 34.8 Å². The number of benzene rings is 2. The summed E-state index contributed by atoms with van der Waals surface area (Å²) in [5, 5.41) is 5.94. The van der Waals surface area contributed by atoms with E-state index in [1.807, 2.05) is 31.2 Å². The molecule has 0 aliphatic rings. The maximum absolute atomic E-state index is 11.9. The molecule has 0 atom stereocenters. The highest BCUT2D eigenvalue weighted by Gasteiger charge is 2.17. The summed E-state index contributed by atoms with van der Waals surface area (Å²) in [6.45, 7) is 2.38. The number of ether oxygens (including phenoxy) is 1. The van der Waals surface area contributed by atoms with E-state index in [9.17, 15) is 4.79 Å². The molecule has 0 bridgehead atoms. The molecule has 0 aliphatic carbocycles. The lowest BCUT2D eigenvalue weighted by Gasteiger charge is -2.09. The molecule has 134 valence electrons. The molecule has 2 aromatic carbocycles. The van der Waals surface area contributed by atoms with Crippen molar-refractivity contribution in [2.75, 3.05) is 7.11 Å². The topological polar surface area (TPSA) is 44.1 Å². The van der Waals surface area contributed by atoms with Gasteiger partial charge in [0, 0.05) is 10.6 Å². The van der Waals surface area contributed by atoms with Gasteiger partial charge in [-0.2, -0.15) is 5.10 Å². The predicted molar refractivity (Wildman–Crippen MR) is 104 cm³/mol. The molecular weight excluding hydrogens is 395 g/mol. The van der Waals surface area contributed by atoms with E-state index in [0.717, 1.165) is 22.4 Å². The largest absolute Gasteiger partial charge is 0.464 e. The number of hydrogen-bond donors (Lipinski definition) is 0. The van der Waals surface area contributed by atoms with Gasteiger partial charge in [0.05, 0.1) is 29.4 Å². The number of aryl methyl sites for hydroxylation is 1. The first-order valence-corrected chi connectivity index (χ1v) is 8.89. The molecule has 0 saturated carbocycles. The Morgan fingerprint density at radius 1 is 1.04 bits per heavy atom. The number of methoxy groups -OCH3 is 1. The van der Waals surface area contributed by atoms with Crippen LogP contribution in [0.3, 0.4) is 0 Å². The monoisotopic (exact) mass is 408 g/mol. The number of carbonyl (C=O) groups is 1. The lowest BCUT2D eigenvalue weighted by molar-refractivity contribution is 0.0593. The molecule has 26 heavy (non-hydrogen) atoms. The summed E-state index contributed by atoms with van der Waals surface area (Å²) in [5.41, 5.74) is 3.69. The van der Waals surface area contributed by atoms with Gasteiger partial charge in [0.25, 0.3) is 0 Å². The van der Waals surface area contributed by atoms with Gasteiger partial charge in [-0.25, -0.2) is 4.79 Å². The van der Waals surface area contributed by atoms with E-state index in [-0.39, 0.29) is 5.69 Å². The van der Waals surface area contributed by atoms with Crippen molar-refractivity contribution in [2.24, 2.45) is 0 Å². The van der Waals surface area contributed by atoms with Gasteiger partial charge in [0.1, 0.15) is 0 Å². The zero-order chi connectivity index (χ0) is 18.8. The second kappa shape index (κ2) is 7.70. The van der Waals surface area contributed by atoms with Crippen molar-refractivity contribution in [2.45, 2.75) is 13.5 Å². The molecule has 0 fully saturated rings. The number of aromatic nitrogens is 2. The fraction of sp³-hybridized carbons (Fsp3) is 0.158. The zero-order valence-electron chi connectivity index (χ0n) is 14.1. The SMILES string of the molecule is COC(=O)c1cc(-c2ccc(Cl)c(Cl)c2)n(Cc2ccc(C)c(Cl)c2)n1. The minimum Gasteiger partial charge on any atom is -0.464 e. The number of esters is 1. The standard InChI is InChI=1S/C19H15Cl3N2O2/c1-11-3-4-12(7-15(11)21)10-24-18(9-17(23-24)19(25)26-2)13-5-6-14(20)16(22)8-13/h3-9H,10H2,1-2H3. The van der Waals surface area contributed by atoms with Crippen LogP contribution in [0.15, 0.2) is 42.5 Å². The van der Waals surface area contributed by atoms with E-state index in [1.165, 1.54) is 7.11 Å². The number of carbonyl (C=O) groups excluding carboxylic acids is 1. The predicted octanol–water partition coefficient (Wildman–Crippen LogP) is 5.65. The summed E-state index contributed by atoms with van der Waals surface area (Å²) in [5.74, 6) is -0.507. The molecule has 0 spiro atoms. The molecular formula is C19H15Cl3N2O2. The van der Waals surface area contributed by atoms with E-state index in [1.54, 1.807) is 22.9 Å². The van der Waals surface area contributed by atoms with Crippen molar-refractivity contribution < 1.29 is 9.53 Å². The van der Waals surface area contributed by atoms with Crippen LogP contribution in [-0.4, -0.2) is 22.9 Å². The summed E-state index contributed by atoms with van der Waals surface area (Å²) in [6, 6.07) is 12.7. The summed E-state index contributed by atoms with van der Waals surface area (Å²) in [6.07, 6.45) is 0. The Morgan fingerprint density at radius 3 is 2.46 bits per heavy atom. The molecule has 0 aliphatic heterocycles. The Balaban J connectivity index is 2.07. The summed E-state index contributed by atoms with van der Waals surface area (Å²) < 4.78 is 6.50. The Morgan fingerprint density at radius 2 is 1.81 bits per heavy atom. The van der Waals surface area contributed by atoms with E-state index in [4.69, 9.17) is 39.5 Å². The van der Waals surface area contributed by atoms with Gasteiger partial charge in [0.2, 0.25) is 0 Å². The lowest BCUT2D eigenvalue weighted by Crippen LogP contribution is -2.07. The van der Waals surface area contributed by atoms with Gasteiger partial charge in [-0.05, 0) is 42.3 Å². The molecule has 0 unspecified atom stereocenters. The quantitative estimate of drug-likeness (QED) is 0.523. The van der Waals surface area contributed by atoms with E-state index < -0.39 is 5.97 Å². The van der Waals surface area contributed by atoms with Crippen molar-refractivity contribution in [3.8, 4) is 11.3 Å². The first-order valence-electron chi connectivity index (χ1n) is 7.75. The highest BCUT2D eigenvalue weighted by molar-refractivity contribution is 6.42. The van der Waals surface area contributed by atoms with Crippen molar-refractivity contribution in [3.63, 3.8) is 0 Å². The third-order valence-electron chi connectivity index (χ3n) is 3.96. The van der Waals surface area contributed by atoms with Crippen LogP contribution in [0.25, 0.3) is 11.3 Å². The first-order chi connectivity index (χ1) is 12.4. The fourth-order valence-corrected chi connectivity index (χ4v) is 3.04. The number of halogens is 3. The molecule has 7 heteroatoms. The molecule has 0 amide bonds. The van der Waals surface area contributed by atoms with E-state index >= 15 is 0 Å². The highest BCUT2D eigenvalue weighted by atomic mass is 35.5. The fourth-order valence-electron chi connectivity index (χ4n) is 2.54. The zero-order valence-corrected chi connectivity index (χ0v) is 16.4. The van der Waals surface area contributed by atoms with Crippen LogP contribution in [0.5, 0.6) is 0 Å².